The van der Waals surface area contributed by atoms with Gasteiger partial charge in [0.1, 0.15) is 11.9 Å². The minimum Gasteiger partial charge on any atom is -0.352 e. The van der Waals surface area contributed by atoms with Crippen LogP contribution in [0.15, 0.2) is 24.3 Å². The van der Waals surface area contributed by atoms with Gasteiger partial charge in [0.25, 0.3) is 0 Å². The number of hydrogen-bond acceptors (Lipinski definition) is 3. The van der Waals surface area contributed by atoms with Crippen LogP contribution in [0, 0.1) is 5.82 Å². The molecule has 1 heterocycles. The van der Waals surface area contributed by atoms with Crippen molar-refractivity contribution in [1.82, 2.24) is 15.5 Å². The summed E-state index contributed by atoms with van der Waals surface area (Å²) >= 11 is 0. The molecule has 2 amide bonds. The molecule has 2 aliphatic rings. The van der Waals surface area contributed by atoms with Gasteiger partial charge in [-0.05, 0) is 49.9 Å². The topological polar surface area (TPSA) is 61.4 Å². The molecule has 0 unspecified atom stereocenters. The summed E-state index contributed by atoms with van der Waals surface area (Å²) in [6.07, 6.45) is 3.88. The molecule has 1 saturated heterocycles. The molecule has 6 heteroatoms. The Morgan fingerprint density at radius 1 is 1.12 bits per heavy atom. The highest BCUT2D eigenvalue weighted by atomic mass is 19.1. The minimum absolute atomic E-state index is 0.0346. The molecule has 2 atom stereocenters. The number of rotatable bonds is 5. The Morgan fingerprint density at radius 2 is 1.83 bits per heavy atom. The van der Waals surface area contributed by atoms with Crippen molar-refractivity contribution >= 4 is 11.8 Å². The Morgan fingerprint density at radius 3 is 2.46 bits per heavy atom. The maximum Gasteiger partial charge on any atom is 0.242 e. The maximum absolute atomic E-state index is 13.3. The van der Waals surface area contributed by atoms with Gasteiger partial charge in [0.05, 0.1) is 0 Å². The molecule has 1 aromatic carbocycles. The fourth-order valence-electron chi connectivity index (χ4n) is 3.33. The number of benzene rings is 1. The summed E-state index contributed by atoms with van der Waals surface area (Å²) in [5.74, 6) is -0.398. The third-order valence-electron chi connectivity index (χ3n) is 4.58. The Bertz CT molecular complexity index is 601. The highest BCUT2D eigenvalue weighted by Gasteiger charge is 2.34. The number of likely N-dealkylation sites (tertiary alicyclic amines) is 1. The number of hydrogen-bond donors (Lipinski definition) is 2. The highest BCUT2D eigenvalue weighted by molar-refractivity contribution is 5.83. The lowest BCUT2D eigenvalue weighted by molar-refractivity contribution is -0.127. The van der Waals surface area contributed by atoms with Crippen molar-refractivity contribution in [3.63, 3.8) is 0 Å². The molecule has 2 N–H and O–H groups in total. The molecule has 1 aromatic rings. The van der Waals surface area contributed by atoms with Crippen LogP contribution >= 0.6 is 0 Å². The van der Waals surface area contributed by atoms with Gasteiger partial charge in [-0.3, -0.25) is 14.5 Å². The van der Waals surface area contributed by atoms with Gasteiger partial charge in [-0.2, -0.15) is 0 Å². The van der Waals surface area contributed by atoms with Crippen LogP contribution in [0.2, 0.25) is 0 Å². The number of nitrogens with zero attached hydrogens (tertiary/aromatic N) is 1. The van der Waals surface area contributed by atoms with Gasteiger partial charge >= 0.3 is 0 Å². The predicted molar refractivity (Wildman–Crippen MR) is 88.7 cm³/mol. The lowest BCUT2D eigenvalue weighted by atomic mass is 9.98. The molecule has 0 spiro atoms. The molecule has 5 nitrogen and oxygen atoms in total. The van der Waals surface area contributed by atoms with E-state index in [1.165, 1.54) is 19.1 Å². The van der Waals surface area contributed by atoms with E-state index in [2.05, 4.69) is 15.5 Å². The normalized spacial score (nSPS) is 22.7. The molecule has 3 rings (SSSR count). The van der Waals surface area contributed by atoms with Crippen LogP contribution in [0.3, 0.4) is 0 Å². The van der Waals surface area contributed by atoms with Crippen molar-refractivity contribution in [2.75, 3.05) is 13.1 Å². The highest BCUT2D eigenvalue weighted by Crippen LogP contribution is 2.27. The summed E-state index contributed by atoms with van der Waals surface area (Å²) in [5, 5.41) is 6.01. The summed E-state index contributed by atoms with van der Waals surface area (Å²) in [7, 11) is 0. The zero-order chi connectivity index (χ0) is 17.1. The van der Waals surface area contributed by atoms with E-state index in [9.17, 15) is 14.0 Å². The van der Waals surface area contributed by atoms with Gasteiger partial charge in [-0.15, -0.1) is 0 Å². The fraction of sp³-hybridized carbons (Fsp3) is 0.556. The first-order chi connectivity index (χ1) is 11.5. The van der Waals surface area contributed by atoms with E-state index in [1.54, 1.807) is 12.1 Å². The third-order valence-corrected chi connectivity index (χ3v) is 4.58. The zero-order valence-corrected chi connectivity index (χ0v) is 13.9. The predicted octanol–water partition coefficient (Wildman–Crippen LogP) is 1.75. The second-order valence-electron chi connectivity index (χ2n) is 6.77. The van der Waals surface area contributed by atoms with E-state index in [-0.39, 0.29) is 29.7 Å². The quantitative estimate of drug-likeness (QED) is 0.863. The van der Waals surface area contributed by atoms with Crippen LogP contribution in [-0.2, 0) is 9.59 Å². The Labute approximate surface area is 141 Å². The van der Waals surface area contributed by atoms with Crippen molar-refractivity contribution < 1.29 is 14.0 Å². The SMILES string of the molecule is CC(=O)N[C@H]1CCCN([C@H](C(=O)NC2CC2)c2ccc(F)cc2)C1. The number of carbonyl (C=O) groups excluding carboxylic acids is 2. The summed E-state index contributed by atoms with van der Waals surface area (Å²) in [4.78, 5) is 26.2. The van der Waals surface area contributed by atoms with E-state index in [0.29, 0.717) is 6.54 Å². The van der Waals surface area contributed by atoms with Gasteiger partial charge in [-0.25, -0.2) is 4.39 Å². The molecule has 1 aliphatic carbocycles. The van der Waals surface area contributed by atoms with E-state index < -0.39 is 6.04 Å². The fourth-order valence-corrected chi connectivity index (χ4v) is 3.33. The first kappa shape index (κ1) is 16.9. The third kappa shape index (κ3) is 4.32. The van der Waals surface area contributed by atoms with Crippen LogP contribution in [0.25, 0.3) is 0 Å². The zero-order valence-electron chi connectivity index (χ0n) is 13.9. The van der Waals surface area contributed by atoms with E-state index in [1.807, 2.05) is 0 Å². The Kier molecular flexibility index (Phi) is 5.14. The van der Waals surface area contributed by atoms with Crippen LogP contribution in [0.4, 0.5) is 4.39 Å². The van der Waals surface area contributed by atoms with Crippen molar-refractivity contribution in [1.29, 1.82) is 0 Å². The van der Waals surface area contributed by atoms with E-state index in [0.717, 1.165) is 37.8 Å². The number of halogens is 1. The number of amides is 2. The maximum atomic E-state index is 13.3. The van der Waals surface area contributed by atoms with Gasteiger partial charge in [0.15, 0.2) is 0 Å². The molecule has 0 aromatic heterocycles. The first-order valence-electron chi connectivity index (χ1n) is 8.60. The van der Waals surface area contributed by atoms with E-state index >= 15 is 0 Å². The second-order valence-corrected chi connectivity index (χ2v) is 6.77. The standard InChI is InChI=1S/C18H24FN3O2/c1-12(23)20-16-3-2-10-22(11-16)17(18(24)21-15-8-9-15)13-4-6-14(19)7-5-13/h4-7,15-17H,2-3,8-11H2,1H3,(H,20,23)(H,21,24)/t16-,17-/m0/s1. The van der Waals surface area contributed by atoms with E-state index in [4.69, 9.17) is 0 Å². The molecule has 2 fully saturated rings. The molecule has 1 aliphatic heterocycles. The molecular weight excluding hydrogens is 309 g/mol. The molecule has 24 heavy (non-hydrogen) atoms. The van der Waals surface area contributed by atoms with Crippen LogP contribution in [0.5, 0.6) is 0 Å². The lowest BCUT2D eigenvalue weighted by Crippen LogP contribution is -2.51. The first-order valence-corrected chi connectivity index (χ1v) is 8.60. The molecular formula is C18H24FN3O2. The summed E-state index contributed by atoms with van der Waals surface area (Å²) < 4.78 is 13.3. The summed E-state index contributed by atoms with van der Waals surface area (Å²) in [6, 6.07) is 6.01. The van der Waals surface area contributed by atoms with Gasteiger partial charge < -0.3 is 10.6 Å². The Hall–Kier alpha value is -1.95. The molecule has 130 valence electrons. The molecule has 0 radical (unpaired) electrons. The monoisotopic (exact) mass is 333 g/mol. The van der Waals surface area contributed by atoms with Gasteiger partial charge in [-0.1, -0.05) is 12.1 Å². The minimum atomic E-state index is -0.442. The number of piperidine rings is 1. The van der Waals surface area contributed by atoms with Crippen molar-refractivity contribution in [2.24, 2.45) is 0 Å². The van der Waals surface area contributed by atoms with Crippen molar-refractivity contribution in [2.45, 2.75) is 50.7 Å². The summed E-state index contributed by atoms with van der Waals surface area (Å²) in [5.41, 5.74) is 0.790. The Balaban J connectivity index is 1.78. The van der Waals surface area contributed by atoms with Gasteiger partial charge in [0, 0.05) is 25.6 Å². The van der Waals surface area contributed by atoms with Crippen LogP contribution in [-0.4, -0.2) is 41.9 Å². The largest absolute Gasteiger partial charge is 0.352 e. The average Bonchev–Trinajstić information content (AvgIpc) is 3.33. The number of carbonyl (C=O) groups is 2. The van der Waals surface area contributed by atoms with Crippen LogP contribution < -0.4 is 10.6 Å². The van der Waals surface area contributed by atoms with Crippen LogP contribution in [0.1, 0.15) is 44.2 Å². The average molecular weight is 333 g/mol. The van der Waals surface area contributed by atoms with Gasteiger partial charge in [0.2, 0.25) is 11.8 Å². The smallest absolute Gasteiger partial charge is 0.242 e. The van der Waals surface area contributed by atoms with Crippen molar-refractivity contribution in [3.8, 4) is 0 Å². The summed E-state index contributed by atoms with van der Waals surface area (Å²) in [6.45, 7) is 2.92. The molecule has 0 bridgehead atoms. The lowest BCUT2D eigenvalue weighted by Gasteiger charge is -2.38. The second kappa shape index (κ2) is 7.30. The molecule has 1 saturated carbocycles. The number of nitrogens with one attached hydrogen (secondary N) is 2. The van der Waals surface area contributed by atoms with Crippen molar-refractivity contribution in [3.05, 3.63) is 35.6 Å².